The zero-order valence-corrected chi connectivity index (χ0v) is 18.7. The fraction of sp³-hybridized carbons (Fsp3) is 0.818. The van der Waals surface area contributed by atoms with E-state index in [2.05, 4.69) is 0 Å². The number of rotatable bonds is 23. The number of nitrogens with zero attached hydrogens (tertiary/aromatic N) is 4. The van der Waals surface area contributed by atoms with Gasteiger partial charge in [0, 0.05) is 13.2 Å². The van der Waals surface area contributed by atoms with E-state index in [0.29, 0.717) is 91.8 Å². The molecule has 0 aromatic rings. The van der Waals surface area contributed by atoms with Crippen molar-refractivity contribution in [1.82, 2.24) is 0 Å². The third-order valence-electron chi connectivity index (χ3n) is 3.89. The highest BCUT2D eigenvalue weighted by Crippen LogP contribution is 2.02. The van der Waals surface area contributed by atoms with Gasteiger partial charge in [-0.3, -0.25) is 0 Å². The molecule has 10 heteroatoms. The Morgan fingerprint density at radius 3 is 1.09 bits per heavy atom. The highest BCUT2D eigenvalue weighted by atomic mass is 16.6. The predicted octanol–water partition coefficient (Wildman–Crippen LogP) is 2.26. The Morgan fingerprint density at radius 2 is 0.750 bits per heavy atom. The van der Waals surface area contributed by atoms with Gasteiger partial charge in [0.2, 0.25) is 0 Å². The van der Waals surface area contributed by atoms with E-state index in [1.165, 1.54) is 0 Å². The van der Waals surface area contributed by atoms with Crippen LogP contribution in [0.15, 0.2) is 0 Å². The van der Waals surface area contributed by atoms with Crippen molar-refractivity contribution >= 4 is 0 Å². The lowest BCUT2D eigenvalue weighted by atomic mass is 10.3. The van der Waals surface area contributed by atoms with E-state index in [-0.39, 0.29) is 12.2 Å². The summed E-state index contributed by atoms with van der Waals surface area (Å²) in [4.78, 5) is 0. The molecule has 0 aliphatic heterocycles. The minimum Gasteiger partial charge on any atom is -0.379 e. The van der Waals surface area contributed by atoms with Gasteiger partial charge in [0.25, 0.3) is 0 Å². The van der Waals surface area contributed by atoms with E-state index in [0.717, 1.165) is 12.8 Å². The molecule has 0 aliphatic carbocycles. The van der Waals surface area contributed by atoms with Crippen LogP contribution in [-0.2, 0) is 28.4 Å². The van der Waals surface area contributed by atoms with Gasteiger partial charge >= 0.3 is 0 Å². The molecule has 178 valence electrons. The Kier molecular flexibility index (Phi) is 23.2. The average molecular weight is 451 g/mol. The van der Waals surface area contributed by atoms with E-state index >= 15 is 0 Å². The second kappa shape index (κ2) is 25.0. The van der Waals surface area contributed by atoms with E-state index in [4.69, 9.17) is 49.5 Å². The van der Waals surface area contributed by atoms with Crippen molar-refractivity contribution in [3.05, 3.63) is 0 Å². The van der Waals surface area contributed by atoms with Crippen molar-refractivity contribution < 1.29 is 28.4 Å². The van der Waals surface area contributed by atoms with Crippen molar-refractivity contribution in [2.75, 3.05) is 66.1 Å². The molecule has 0 rings (SSSR count). The SMILES string of the molecule is N#CCCOCC(COCCCCOCC(COCCC#N)OCCC#N)OCCC#N. The van der Waals surface area contributed by atoms with E-state index < -0.39 is 0 Å². The molecule has 0 radical (unpaired) electrons. The lowest BCUT2D eigenvalue weighted by Crippen LogP contribution is -2.27. The lowest BCUT2D eigenvalue weighted by Gasteiger charge is -2.18. The van der Waals surface area contributed by atoms with Crippen molar-refractivity contribution in [1.29, 1.82) is 21.0 Å². The van der Waals surface area contributed by atoms with Gasteiger partial charge in [-0.1, -0.05) is 0 Å². The molecule has 0 saturated heterocycles. The molecular formula is C22H34N4O6. The molecule has 10 nitrogen and oxygen atoms in total. The van der Waals surface area contributed by atoms with Crippen molar-refractivity contribution in [3.8, 4) is 24.3 Å². The molecule has 0 aliphatic rings. The van der Waals surface area contributed by atoms with Gasteiger partial charge in [-0.2, -0.15) is 21.0 Å². The van der Waals surface area contributed by atoms with Gasteiger partial charge in [0.15, 0.2) is 0 Å². The first-order chi connectivity index (χ1) is 15.8. The third kappa shape index (κ3) is 21.0. The quantitative estimate of drug-likeness (QED) is 0.212. The standard InChI is InChI=1S/C22H34N4O6/c23-7-3-13-29-19-21(31-15-5-9-25)17-27-11-1-2-12-28-18-22(32-16-6-10-26)20-30-14-4-8-24/h21-22H,1-6,11-20H2. The number of ether oxygens (including phenoxy) is 6. The molecule has 0 spiro atoms. The lowest BCUT2D eigenvalue weighted by molar-refractivity contribution is -0.0630. The zero-order chi connectivity index (χ0) is 23.5. The Bertz CT molecular complexity index is 541. The maximum atomic E-state index is 8.61. The van der Waals surface area contributed by atoms with Crippen molar-refractivity contribution in [2.24, 2.45) is 0 Å². The molecule has 2 unspecified atom stereocenters. The molecule has 0 fully saturated rings. The summed E-state index contributed by atoms with van der Waals surface area (Å²) in [6.07, 6.45) is 2.31. The smallest absolute Gasteiger partial charge is 0.104 e. The maximum absolute atomic E-state index is 8.61. The molecule has 0 saturated carbocycles. The summed E-state index contributed by atoms with van der Waals surface area (Å²) in [5.41, 5.74) is 0. The van der Waals surface area contributed by atoms with Crippen LogP contribution < -0.4 is 0 Å². The number of hydrogen-bond donors (Lipinski definition) is 0. The first kappa shape index (κ1) is 29.7. The highest BCUT2D eigenvalue weighted by Gasteiger charge is 2.11. The molecule has 2 atom stereocenters. The topological polar surface area (TPSA) is 151 Å². The summed E-state index contributed by atoms with van der Waals surface area (Å²) in [5, 5.41) is 34.3. The summed E-state index contributed by atoms with van der Waals surface area (Å²) in [7, 11) is 0. The number of unbranched alkanes of at least 4 members (excludes halogenated alkanes) is 1. The fourth-order valence-electron chi connectivity index (χ4n) is 2.33. The van der Waals surface area contributed by atoms with Gasteiger partial charge in [0.1, 0.15) is 12.2 Å². The monoisotopic (exact) mass is 450 g/mol. The van der Waals surface area contributed by atoms with Crippen molar-refractivity contribution in [3.63, 3.8) is 0 Å². The summed E-state index contributed by atoms with van der Waals surface area (Å²) in [6.45, 7) is 3.75. The van der Waals surface area contributed by atoms with Crippen LogP contribution in [0.4, 0.5) is 0 Å². The second-order valence-corrected chi connectivity index (χ2v) is 6.62. The fourth-order valence-corrected chi connectivity index (χ4v) is 2.33. The van der Waals surface area contributed by atoms with Crippen LogP contribution in [0.2, 0.25) is 0 Å². The first-order valence-electron chi connectivity index (χ1n) is 10.8. The van der Waals surface area contributed by atoms with E-state index in [1.807, 2.05) is 24.3 Å². The van der Waals surface area contributed by atoms with Gasteiger partial charge in [-0.15, -0.1) is 0 Å². The van der Waals surface area contributed by atoms with Gasteiger partial charge in [0.05, 0.1) is 103 Å². The average Bonchev–Trinajstić information content (AvgIpc) is 2.80. The summed E-state index contributed by atoms with van der Waals surface area (Å²) in [6, 6.07) is 8.08. The predicted molar refractivity (Wildman–Crippen MR) is 113 cm³/mol. The zero-order valence-electron chi connectivity index (χ0n) is 18.7. The largest absolute Gasteiger partial charge is 0.379 e. The number of hydrogen-bond acceptors (Lipinski definition) is 10. The summed E-state index contributed by atoms with van der Waals surface area (Å²) >= 11 is 0. The van der Waals surface area contributed by atoms with E-state index in [1.54, 1.807) is 0 Å². The van der Waals surface area contributed by atoms with Crippen LogP contribution in [0.25, 0.3) is 0 Å². The molecule has 0 N–H and O–H groups in total. The normalized spacial score (nSPS) is 12.2. The van der Waals surface area contributed by atoms with Crippen LogP contribution in [-0.4, -0.2) is 78.3 Å². The Morgan fingerprint density at radius 1 is 0.438 bits per heavy atom. The summed E-state index contributed by atoms with van der Waals surface area (Å²) < 4.78 is 33.2. The second-order valence-electron chi connectivity index (χ2n) is 6.62. The van der Waals surface area contributed by atoms with Gasteiger partial charge < -0.3 is 28.4 Å². The van der Waals surface area contributed by atoms with Gasteiger partial charge in [-0.05, 0) is 12.8 Å². The van der Waals surface area contributed by atoms with Crippen LogP contribution >= 0.6 is 0 Å². The Balaban J connectivity index is 3.91. The van der Waals surface area contributed by atoms with Crippen LogP contribution in [0.3, 0.4) is 0 Å². The molecule has 32 heavy (non-hydrogen) atoms. The molecule has 0 aromatic heterocycles. The van der Waals surface area contributed by atoms with Gasteiger partial charge in [-0.25, -0.2) is 0 Å². The molecular weight excluding hydrogens is 416 g/mol. The Labute approximate surface area is 191 Å². The summed E-state index contributed by atoms with van der Waals surface area (Å²) in [5.74, 6) is 0. The maximum Gasteiger partial charge on any atom is 0.104 e. The van der Waals surface area contributed by atoms with Crippen LogP contribution in [0, 0.1) is 45.3 Å². The molecule has 0 aromatic carbocycles. The molecule has 0 heterocycles. The van der Waals surface area contributed by atoms with Crippen LogP contribution in [0.5, 0.6) is 0 Å². The first-order valence-corrected chi connectivity index (χ1v) is 10.8. The van der Waals surface area contributed by atoms with E-state index in [9.17, 15) is 0 Å². The molecule has 0 bridgehead atoms. The van der Waals surface area contributed by atoms with Crippen LogP contribution in [0.1, 0.15) is 38.5 Å². The minimum absolute atomic E-state index is 0.273. The Hall–Kier alpha value is -2.28. The minimum atomic E-state index is -0.273. The number of nitriles is 4. The highest BCUT2D eigenvalue weighted by molar-refractivity contribution is 4.70. The third-order valence-corrected chi connectivity index (χ3v) is 3.89. The van der Waals surface area contributed by atoms with Crippen molar-refractivity contribution in [2.45, 2.75) is 50.7 Å². The molecule has 0 amide bonds.